The van der Waals surface area contributed by atoms with Crippen LogP contribution < -0.4 is 0 Å². The highest BCUT2D eigenvalue weighted by atomic mass is 16.5. The van der Waals surface area contributed by atoms with E-state index in [1.165, 1.54) is 32.1 Å². The quantitative estimate of drug-likeness (QED) is 0.543. The molecule has 1 rings (SSSR count). The van der Waals surface area contributed by atoms with Crippen molar-refractivity contribution in [3.63, 3.8) is 0 Å². The Bertz CT molecular complexity index is 85.3. The van der Waals surface area contributed by atoms with Crippen LogP contribution in [0.5, 0.6) is 0 Å². The molecule has 2 nitrogen and oxygen atoms in total. The zero-order chi connectivity index (χ0) is 6.53. The Labute approximate surface area is 62.2 Å². The number of ether oxygens (including phenoxy) is 1. The van der Waals surface area contributed by atoms with Crippen LogP contribution >= 0.6 is 0 Å². The van der Waals surface area contributed by atoms with Gasteiger partial charge in [0.25, 0.3) is 0 Å². The summed E-state index contributed by atoms with van der Waals surface area (Å²) in [5.74, 6) is 0. The summed E-state index contributed by atoms with van der Waals surface area (Å²) in [6.45, 7) is 3.53. The summed E-state index contributed by atoms with van der Waals surface area (Å²) in [4.78, 5) is 0. The average molecular weight is 144 g/mol. The number of hydrogen-bond acceptors (Lipinski definition) is 1. The Morgan fingerprint density at radius 3 is 2.30 bits per heavy atom. The molecule has 0 unspecified atom stereocenters. The van der Waals surface area contributed by atoms with Gasteiger partial charge in [0.2, 0.25) is 0 Å². The van der Waals surface area contributed by atoms with Gasteiger partial charge in [-0.25, -0.2) is 0 Å². The van der Waals surface area contributed by atoms with E-state index in [4.69, 9.17) is 4.74 Å². The van der Waals surface area contributed by atoms with Crippen molar-refractivity contribution in [2.75, 3.05) is 0 Å². The Morgan fingerprint density at radius 2 is 1.80 bits per heavy atom. The lowest BCUT2D eigenvalue weighted by molar-refractivity contribution is 0.107. The van der Waals surface area contributed by atoms with Crippen LogP contribution in [-0.4, -0.2) is 11.6 Å². The van der Waals surface area contributed by atoms with E-state index in [0.717, 1.165) is 0 Å². The molecule has 0 bridgehead atoms. The fourth-order valence-electron chi connectivity index (χ4n) is 1.34. The zero-order valence-electron chi connectivity index (χ0n) is 6.31. The summed E-state index contributed by atoms with van der Waals surface area (Å²) in [5.41, 5.74) is 0. The normalized spacial score (nSPS) is 19.2. The van der Waals surface area contributed by atoms with Crippen LogP contribution in [0.25, 0.3) is 0 Å². The molecule has 0 atom stereocenters. The minimum atomic E-state index is 0. The maximum Gasteiger partial charge on any atom is 0.0978 e. The first kappa shape index (κ1) is 9.50. The number of hydrogen-bond donors (Lipinski definition) is 0. The summed E-state index contributed by atoms with van der Waals surface area (Å²) in [6.07, 6.45) is 8.55. The van der Waals surface area contributed by atoms with E-state index in [-0.39, 0.29) is 5.48 Å². The van der Waals surface area contributed by atoms with Gasteiger partial charge in [-0.05, 0) is 25.7 Å². The topological polar surface area (TPSA) is 40.7 Å². The third kappa shape index (κ3) is 2.87. The Kier molecular flexibility index (Phi) is 5.03. The van der Waals surface area contributed by atoms with Crippen molar-refractivity contribution in [3.8, 4) is 0 Å². The second-order valence-electron chi connectivity index (χ2n) is 2.56. The fourth-order valence-corrected chi connectivity index (χ4v) is 1.34. The molecule has 0 aromatic heterocycles. The van der Waals surface area contributed by atoms with Crippen LogP contribution in [0.3, 0.4) is 0 Å². The van der Waals surface area contributed by atoms with Crippen LogP contribution in [0, 0.1) is 0 Å². The molecular formula is C8H16O2. The Morgan fingerprint density at radius 1 is 1.20 bits per heavy atom. The van der Waals surface area contributed by atoms with Gasteiger partial charge in [0.15, 0.2) is 0 Å². The van der Waals surface area contributed by atoms with Gasteiger partial charge >= 0.3 is 0 Å². The summed E-state index contributed by atoms with van der Waals surface area (Å²) in [5, 5.41) is 0. The fraction of sp³-hybridized carbons (Fsp3) is 0.750. The predicted molar refractivity (Wildman–Crippen MR) is 41.8 cm³/mol. The molecule has 0 radical (unpaired) electrons. The molecule has 0 aromatic rings. The van der Waals surface area contributed by atoms with Gasteiger partial charge in [0.05, 0.1) is 12.4 Å². The van der Waals surface area contributed by atoms with E-state index in [1.54, 1.807) is 6.26 Å². The first-order valence-corrected chi connectivity index (χ1v) is 3.70. The first-order chi connectivity index (χ1) is 4.43. The molecule has 0 saturated heterocycles. The van der Waals surface area contributed by atoms with Gasteiger partial charge in [0, 0.05) is 0 Å². The average Bonchev–Trinajstić information content (AvgIpc) is 1.91. The van der Waals surface area contributed by atoms with E-state index in [1.807, 2.05) is 0 Å². The maximum atomic E-state index is 5.25. The van der Waals surface area contributed by atoms with Crippen molar-refractivity contribution in [2.24, 2.45) is 0 Å². The van der Waals surface area contributed by atoms with Crippen molar-refractivity contribution < 1.29 is 10.2 Å². The molecular weight excluding hydrogens is 128 g/mol. The van der Waals surface area contributed by atoms with E-state index < -0.39 is 0 Å². The highest BCUT2D eigenvalue weighted by molar-refractivity contribution is 4.67. The summed E-state index contributed by atoms with van der Waals surface area (Å²) in [6, 6.07) is 0. The van der Waals surface area contributed by atoms with Gasteiger partial charge in [-0.15, -0.1) is 0 Å². The first-order valence-electron chi connectivity index (χ1n) is 3.70. The van der Waals surface area contributed by atoms with Crippen LogP contribution in [0.4, 0.5) is 0 Å². The molecule has 1 saturated carbocycles. The minimum absolute atomic E-state index is 0. The second-order valence-corrected chi connectivity index (χ2v) is 2.56. The van der Waals surface area contributed by atoms with Gasteiger partial charge in [-0.3, -0.25) is 0 Å². The highest BCUT2D eigenvalue weighted by Gasteiger charge is 2.11. The van der Waals surface area contributed by atoms with Crippen molar-refractivity contribution in [1.82, 2.24) is 0 Å². The second kappa shape index (κ2) is 5.30. The Hall–Kier alpha value is -0.500. The Balaban J connectivity index is 0.000000810. The molecule has 0 aromatic carbocycles. The minimum Gasteiger partial charge on any atom is -0.499 e. The summed E-state index contributed by atoms with van der Waals surface area (Å²) < 4.78 is 5.25. The van der Waals surface area contributed by atoms with E-state index in [2.05, 4.69) is 6.58 Å². The molecule has 2 heteroatoms. The third-order valence-electron chi connectivity index (χ3n) is 1.84. The SMILES string of the molecule is C=COC1CCCCC1.O. The molecule has 10 heavy (non-hydrogen) atoms. The lowest BCUT2D eigenvalue weighted by Crippen LogP contribution is -2.13. The molecule has 1 aliphatic rings. The molecule has 1 fully saturated rings. The van der Waals surface area contributed by atoms with Gasteiger partial charge in [-0.1, -0.05) is 13.0 Å². The molecule has 0 heterocycles. The van der Waals surface area contributed by atoms with E-state index in [9.17, 15) is 0 Å². The lowest BCUT2D eigenvalue weighted by atomic mass is 9.98. The van der Waals surface area contributed by atoms with Gasteiger partial charge in [0.1, 0.15) is 0 Å². The monoisotopic (exact) mass is 144 g/mol. The smallest absolute Gasteiger partial charge is 0.0978 e. The van der Waals surface area contributed by atoms with Crippen LogP contribution in [-0.2, 0) is 4.74 Å². The number of rotatable bonds is 2. The molecule has 1 aliphatic carbocycles. The van der Waals surface area contributed by atoms with Crippen molar-refractivity contribution in [2.45, 2.75) is 38.2 Å². The highest BCUT2D eigenvalue weighted by Crippen LogP contribution is 2.19. The molecule has 0 spiro atoms. The molecule has 2 N–H and O–H groups in total. The van der Waals surface area contributed by atoms with Crippen LogP contribution in [0.15, 0.2) is 12.8 Å². The standard InChI is InChI=1S/C8H14O.H2O/c1-2-9-8-6-4-3-5-7-8;/h2,8H,1,3-7H2;1H2. The third-order valence-corrected chi connectivity index (χ3v) is 1.84. The summed E-state index contributed by atoms with van der Waals surface area (Å²) >= 11 is 0. The van der Waals surface area contributed by atoms with Crippen molar-refractivity contribution in [3.05, 3.63) is 12.8 Å². The maximum absolute atomic E-state index is 5.25. The van der Waals surface area contributed by atoms with E-state index >= 15 is 0 Å². The van der Waals surface area contributed by atoms with Crippen molar-refractivity contribution >= 4 is 0 Å². The largest absolute Gasteiger partial charge is 0.499 e. The van der Waals surface area contributed by atoms with Gasteiger partial charge < -0.3 is 10.2 Å². The summed E-state index contributed by atoms with van der Waals surface area (Å²) in [7, 11) is 0. The molecule has 0 amide bonds. The van der Waals surface area contributed by atoms with Crippen LogP contribution in [0.2, 0.25) is 0 Å². The lowest BCUT2D eigenvalue weighted by Gasteiger charge is -2.20. The van der Waals surface area contributed by atoms with Crippen molar-refractivity contribution in [1.29, 1.82) is 0 Å². The van der Waals surface area contributed by atoms with Crippen LogP contribution in [0.1, 0.15) is 32.1 Å². The van der Waals surface area contributed by atoms with Gasteiger partial charge in [-0.2, -0.15) is 0 Å². The zero-order valence-corrected chi connectivity index (χ0v) is 6.31. The molecule has 60 valence electrons. The van der Waals surface area contributed by atoms with E-state index in [0.29, 0.717) is 6.10 Å². The predicted octanol–water partition coefficient (Wildman–Crippen LogP) is 1.65. The molecule has 0 aliphatic heterocycles.